The minimum atomic E-state index is -4.60. The van der Waals surface area contributed by atoms with Crippen molar-refractivity contribution >= 4 is 22.1 Å². The van der Waals surface area contributed by atoms with Gasteiger partial charge in [-0.3, -0.25) is 9.35 Å². The van der Waals surface area contributed by atoms with Crippen LogP contribution in [0.1, 0.15) is 162 Å². The molecule has 0 aromatic heterocycles. The molecule has 0 bridgehead atoms. The van der Waals surface area contributed by atoms with Crippen LogP contribution in [-0.4, -0.2) is 96.0 Å². The predicted octanol–water partition coefficient (Wildman–Crippen LogP) is 7.28. The Morgan fingerprint density at radius 3 is 1.72 bits per heavy atom. The van der Waals surface area contributed by atoms with Crippen molar-refractivity contribution in [3.05, 3.63) is 24.3 Å². The van der Waals surface area contributed by atoms with Gasteiger partial charge in [0.15, 0.2) is 12.4 Å². The predicted molar refractivity (Wildman–Crippen MR) is 206 cm³/mol. The lowest BCUT2D eigenvalue weighted by Crippen LogP contribution is -2.60. The Labute approximate surface area is 319 Å². The number of ether oxygens (including phenoxy) is 4. The van der Waals surface area contributed by atoms with Gasteiger partial charge in [-0.1, -0.05) is 154 Å². The smallest absolute Gasteiger partial charge is 0.331 e. The first-order valence-corrected chi connectivity index (χ1v) is 22.0. The molecule has 1 rings (SSSR count). The summed E-state index contributed by atoms with van der Waals surface area (Å²) < 4.78 is 53.6. The van der Waals surface area contributed by atoms with Crippen molar-refractivity contribution in [2.75, 3.05) is 19.0 Å². The molecule has 1 heterocycles. The largest absolute Gasteiger partial charge is 0.462 e. The zero-order chi connectivity index (χ0) is 39.2. The van der Waals surface area contributed by atoms with E-state index in [1.54, 1.807) is 12.2 Å². The third-order valence-corrected chi connectivity index (χ3v) is 10.1. The number of esters is 2. The molecule has 0 amide bonds. The molecule has 1 fully saturated rings. The van der Waals surface area contributed by atoms with Crippen LogP contribution in [0, 0.1) is 0 Å². The summed E-state index contributed by atoms with van der Waals surface area (Å²) >= 11 is 0. The van der Waals surface area contributed by atoms with Gasteiger partial charge in [0.1, 0.15) is 36.8 Å². The summed E-state index contributed by atoms with van der Waals surface area (Å²) in [6.07, 6.45) is 23.0. The van der Waals surface area contributed by atoms with Crippen LogP contribution in [0.4, 0.5) is 0 Å². The van der Waals surface area contributed by atoms with E-state index in [-0.39, 0.29) is 13.0 Å². The fourth-order valence-electron chi connectivity index (χ4n) is 6.17. The van der Waals surface area contributed by atoms with Gasteiger partial charge in [0, 0.05) is 12.5 Å². The molecule has 12 nitrogen and oxygen atoms in total. The maximum Gasteiger partial charge on any atom is 0.331 e. The molecule has 0 aromatic rings. The maximum atomic E-state index is 12.6. The number of hydrogen-bond acceptors (Lipinski definition) is 11. The summed E-state index contributed by atoms with van der Waals surface area (Å²) in [5, 5.41) is 30.7. The van der Waals surface area contributed by atoms with E-state index >= 15 is 0 Å². The lowest BCUT2D eigenvalue weighted by molar-refractivity contribution is -0.297. The van der Waals surface area contributed by atoms with Crippen LogP contribution in [0.25, 0.3) is 0 Å². The Kier molecular flexibility index (Phi) is 29.1. The van der Waals surface area contributed by atoms with Gasteiger partial charge in [-0.05, 0) is 19.3 Å². The lowest BCUT2D eigenvalue weighted by Gasteiger charge is -2.40. The minimum Gasteiger partial charge on any atom is -0.462 e. The highest BCUT2D eigenvalue weighted by Gasteiger charge is 2.46. The number of hydrogen-bond donors (Lipinski definition) is 4. The highest BCUT2D eigenvalue weighted by Crippen LogP contribution is 2.24. The van der Waals surface area contributed by atoms with Crippen molar-refractivity contribution in [2.24, 2.45) is 0 Å². The minimum absolute atomic E-state index is 0.202. The van der Waals surface area contributed by atoms with Crippen molar-refractivity contribution in [3.63, 3.8) is 0 Å². The molecular weight excluding hydrogens is 704 g/mol. The van der Waals surface area contributed by atoms with E-state index in [0.717, 1.165) is 38.5 Å². The molecule has 13 heteroatoms. The number of allylic oxidation sites excluding steroid dienone is 3. The van der Waals surface area contributed by atoms with E-state index in [2.05, 4.69) is 13.8 Å². The van der Waals surface area contributed by atoms with Gasteiger partial charge in [-0.2, -0.15) is 8.42 Å². The van der Waals surface area contributed by atoms with Crippen molar-refractivity contribution < 1.29 is 56.8 Å². The van der Waals surface area contributed by atoms with Crippen molar-refractivity contribution in [3.8, 4) is 0 Å². The quantitative estimate of drug-likeness (QED) is 0.0172. The highest BCUT2D eigenvalue weighted by atomic mass is 32.2. The van der Waals surface area contributed by atoms with Gasteiger partial charge in [0.05, 0.1) is 6.61 Å². The molecule has 1 aliphatic rings. The molecule has 310 valence electrons. The Balaban J connectivity index is 2.56. The van der Waals surface area contributed by atoms with Crippen LogP contribution >= 0.6 is 0 Å². The Hall–Kier alpha value is -1.87. The van der Waals surface area contributed by atoms with Crippen LogP contribution in [0.5, 0.6) is 0 Å². The molecule has 2 unspecified atom stereocenters. The zero-order valence-corrected chi connectivity index (χ0v) is 33.4. The highest BCUT2D eigenvalue weighted by molar-refractivity contribution is 7.85. The lowest BCUT2D eigenvalue weighted by atomic mass is 10.00. The van der Waals surface area contributed by atoms with Gasteiger partial charge in [0.25, 0.3) is 10.1 Å². The topological polar surface area (TPSA) is 186 Å². The number of unbranched alkanes of at least 4 members (excludes halogenated alkanes) is 20. The first-order chi connectivity index (χ1) is 25.5. The third-order valence-electron chi connectivity index (χ3n) is 9.39. The van der Waals surface area contributed by atoms with E-state index in [1.165, 1.54) is 102 Å². The summed E-state index contributed by atoms with van der Waals surface area (Å²) in [5.74, 6) is -2.25. The Bertz CT molecular complexity index is 1100. The van der Waals surface area contributed by atoms with Crippen LogP contribution in [-0.2, 0) is 38.7 Å². The molecule has 6 atom stereocenters. The number of aliphatic hydroxyl groups excluding tert-OH is 3. The van der Waals surface area contributed by atoms with Gasteiger partial charge in [-0.25, -0.2) is 4.79 Å². The molecule has 1 aliphatic heterocycles. The summed E-state index contributed by atoms with van der Waals surface area (Å²) in [5.41, 5.74) is 0. The first-order valence-electron chi connectivity index (χ1n) is 20.4. The van der Waals surface area contributed by atoms with Gasteiger partial charge >= 0.3 is 11.9 Å². The summed E-state index contributed by atoms with van der Waals surface area (Å²) in [4.78, 5) is 25.1. The molecule has 1 saturated heterocycles. The fourth-order valence-corrected chi connectivity index (χ4v) is 6.86. The van der Waals surface area contributed by atoms with E-state index < -0.39 is 71.2 Å². The van der Waals surface area contributed by atoms with Gasteiger partial charge in [-0.15, -0.1) is 0 Å². The maximum absolute atomic E-state index is 12.6. The molecule has 0 spiro atoms. The Morgan fingerprint density at radius 1 is 0.679 bits per heavy atom. The number of rotatable bonds is 33. The third kappa shape index (κ3) is 26.6. The molecule has 0 aliphatic carbocycles. The van der Waals surface area contributed by atoms with Crippen LogP contribution < -0.4 is 0 Å². The monoisotopic (exact) mass is 776 g/mol. The van der Waals surface area contributed by atoms with Crippen LogP contribution in [0.2, 0.25) is 0 Å². The molecule has 4 N–H and O–H groups in total. The second-order valence-corrected chi connectivity index (χ2v) is 15.9. The zero-order valence-electron chi connectivity index (χ0n) is 32.6. The summed E-state index contributed by atoms with van der Waals surface area (Å²) in [6, 6.07) is 0. The average molecular weight is 777 g/mol. The van der Waals surface area contributed by atoms with E-state index in [9.17, 15) is 37.9 Å². The molecule has 53 heavy (non-hydrogen) atoms. The van der Waals surface area contributed by atoms with Crippen LogP contribution in [0.15, 0.2) is 24.3 Å². The molecule has 0 aromatic carbocycles. The van der Waals surface area contributed by atoms with E-state index in [4.69, 9.17) is 18.9 Å². The summed E-state index contributed by atoms with van der Waals surface area (Å²) in [6.45, 7) is 3.63. The van der Waals surface area contributed by atoms with Crippen molar-refractivity contribution in [2.45, 2.75) is 198 Å². The average Bonchev–Trinajstić information content (AvgIpc) is 3.12. The number of carbonyl (C=O) groups is 2. The molecule has 0 radical (unpaired) electrons. The van der Waals surface area contributed by atoms with Crippen molar-refractivity contribution in [1.29, 1.82) is 0 Å². The Morgan fingerprint density at radius 2 is 1.19 bits per heavy atom. The number of carbonyl (C=O) groups excluding carboxylic acids is 2. The second kappa shape index (κ2) is 31.3. The fraction of sp³-hybridized carbons (Fsp3) is 0.850. The standard InChI is InChI=1S/C40H72O12S/c1-3-5-7-9-11-13-15-16-17-18-19-21-23-25-27-29-36(42)51-33(30-49-35(41)28-26-24-22-20-14-12-10-8-6-4-2)31-50-40-39(45)38(44)37(43)34(52-40)32-53(46,47)48/h23,25,27,29,33-34,37-40,43-45H,3-22,24,26,28,30-32H2,1-2H3,(H,46,47,48)/b25-23+,29-27+/t33-,34-,37-,38?,39?,40+/m1/s1. The SMILES string of the molecule is CCCCCCCCCCCCC/C=C/C=C/C(=O)O[C@H](COC(=O)CCCCCCCCCCCC)CO[C@H]1O[C@H](CS(=O)(=O)O)[C@@H](O)C(O)C1O. The van der Waals surface area contributed by atoms with E-state index in [1.807, 2.05) is 6.08 Å². The second-order valence-electron chi connectivity index (χ2n) is 14.4. The normalized spacial score (nSPS) is 21.4. The van der Waals surface area contributed by atoms with Crippen molar-refractivity contribution in [1.82, 2.24) is 0 Å². The molecular formula is C40H72O12S. The van der Waals surface area contributed by atoms with Crippen LogP contribution in [0.3, 0.4) is 0 Å². The van der Waals surface area contributed by atoms with E-state index in [0.29, 0.717) is 6.42 Å². The molecule has 0 saturated carbocycles. The van der Waals surface area contributed by atoms with Gasteiger partial charge < -0.3 is 34.3 Å². The van der Waals surface area contributed by atoms with Gasteiger partial charge in [0.2, 0.25) is 0 Å². The number of aliphatic hydroxyl groups is 3. The summed E-state index contributed by atoms with van der Waals surface area (Å²) in [7, 11) is -4.60. The first kappa shape index (κ1) is 49.1.